The quantitative estimate of drug-likeness (QED) is 0.518. The largest absolute Gasteiger partial charge is 0.499 e. The van der Waals surface area contributed by atoms with Crippen molar-refractivity contribution >= 4 is 0 Å². The maximum Gasteiger partial charge on any atom is 0.123 e. The van der Waals surface area contributed by atoms with Gasteiger partial charge in [0, 0.05) is 0 Å². The molecular weight excluding hydrogens is 164 g/mol. The average Bonchev–Trinajstić information content (AvgIpc) is 2.95. The minimum absolute atomic E-state index is 0.209. The Morgan fingerprint density at radius 2 is 2.15 bits per heavy atom. The van der Waals surface area contributed by atoms with E-state index in [0.717, 1.165) is 0 Å². The highest BCUT2D eigenvalue weighted by Gasteiger charge is 2.40. The third kappa shape index (κ3) is 1.90. The Labute approximate surface area is 77.8 Å². The molecule has 1 saturated heterocycles. The number of epoxide rings is 1. The van der Waals surface area contributed by atoms with Crippen molar-refractivity contribution in [2.45, 2.75) is 12.2 Å². The van der Waals surface area contributed by atoms with Crippen LogP contribution >= 0.6 is 0 Å². The normalized spacial score (nSPS) is 25.2. The Bertz CT molecular complexity index is 281. The van der Waals surface area contributed by atoms with Crippen molar-refractivity contribution in [1.82, 2.24) is 0 Å². The fourth-order valence-corrected chi connectivity index (χ4v) is 1.37. The molecular formula is C11H12O2. The van der Waals surface area contributed by atoms with Crippen molar-refractivity contribution in [1.29, 1.82) is 0 Å². The second-order valence-corrected chi connectivity index (χ2v) is 3.01. The fraction of sp³-hybridized carbons (Fsp3) is 0.273. The van der Waals surface area contributed by atoms with E-state index in [1.807, 2.05) is 18.2 Å². The van der Waals surface area contributed by atoms with Crippen molar-refractivity contribution in [3.63, 3.8) is 0 Å². The predicted octanol–water partition coefficient (Wildman–Crippen LogP) is 2.29. The smallest absolute Gasteiger partial charge is 0.123 e. The van der Waals surface area contributed by atoms with Gasteiger partial charge in [-0.05, 0) is 5.56 Å². The summed E-state index contributed by atoms with van der Waals surface area (Å²) >= 11 is 0. The Balaban J connectivity index is 1.89. The molecule has 1 heterocycles. The van der Waals surface area contributed by atoms with Crippen molar-refractivity contribution in [3.05, 3.63) is 48.7 Å². The fourth-order valence-electron chi connectivity index (χ4n) is 1.37. The van der Waals surface area contributed by atoms with Crippen LogP contribution in [0, 0.1) is 0 Å². The monoisotopic (exact) mass is 176 g/mol. The Kier molecular flexibility index (Phi) is 2.32. The van der Waals surface area contributed by atoms with Gasteiger partial charge in [-0.1, -0.05) is 36.9 Å². The van der Waals surface area contributed by atoms with Crippen molar-refractivity contribution in [2.24, 2.45) is 0 Å². The van der Waals surface area contributed by atoms with Crippen molar-refractivity contribution in [2.75, 3.05) is 6.61 Å². The highest BCUT2D eigenvalue weighted by Crippen LogP contribution is 2.38. The SMILES string of the molecule is C=COCC1OC1c1ccccc1. The van der Waals surface area contributed by atoms with Gasteiger partial charge in [-0.15, -0.1) is 0 Å². The summed E-state index contributed by atoms with van der Waals surface area (Å²) < 4.78 is 10.5. The first-order valence-electron chi connectivity index (χ1n) is 4.34. The molecule has 0 bridgehead atoms. The number of hydrogen-bond acceptors (Lipinski definition) is 2. The zero-order valence-electron chi connectivity index (χ0n) is 7.35. The number of hydrogen-bond donors (Lipinski definition) is 0. The zero-order valence-corrected chi connectivity index (χ0v) is 7.35. The molecule has 68 valence electrons. The van der Waals surface area contributed by atoms with E-state index < -0.39 is 0 Å². The summed E-state index contributed by atoms with van der Waals surface area (Å²) in [4.78, 5) is 0. The molecule has 1 aromatic carbocycles. The van der Waals surface area contributed by atoms with Crippen LogP contribution in [0.5, 0.6) is 0 Å². The van der Waals surface area contributed by atoms with Gasteiger partial charge in [-0.2, -0.15) is 0 Å². The second-order valence-electron chi connectivity index (χ2n) is 3.01. The first-order chi connectivity index (χ1) is 6.42. The molecule has 0 spiro atoms. The molecule has 0 N–H and O–H groups in total. The van der Waals surface area contributed by atoms with Crippen LogP contribution in [0.25, 0.3) is 0 Å². The third-order valence-electron chi connectivity index (χ3n) is 2.09. The van der Waals surface area contributed by atoms with Crippen LogP contribution in [0.1, 0.15) is 11.7 Å². The summed E-state index contributed by atoms with van der Waals surface area (Å²) in [6.07, 6.45) is 1.88. The van der Waals surface area contributed by atoms with E-state index in [4.69, 9.17) is 9.47 Å². The van der Waals surface area contributed by atoms with Gasteiger partial charge in [-0.3, -0.25) is 0 Å². The van der Waals surface area contributed by atoms with E-state index >= 15 is 0 Å². The maximum atomic E-state index is 5.43. The van der Waals surface area contributed by atoms with Gasteiger partial charge in [0.1, 0.15) is 18.8 Å². The summed E-state index contributed by atoms with van der Waals surface area (Å²) in [6.45, 7) is 4.08. The summed E-state index contributed by atoms with van der Waals surface area (Å²) in [5.74, 6) is 0. The van der Waals surface area contributed by atoms with Gasteiger partial charge < -0.3 is 9.47 Å². The minimum Gasteiger partial charge on any atom is -0.499 e. The Morgan fingerprint density at radius 1 is 1.38 bits per heavy atom. The topological polar surface area (TPSA) is 21.8 Å². The molecule has 0 aliphatic carbocycles. The lowest BCUT2D eigenvalue weighted by Gasteiger charge is -1.95. The van der Waals surface area contributed by atoms with Gasteiger partial charge >= 0.3 is 0 Å². The lowest BCUT2D eigenvalue weighted by atomic mass is 10.1. The molecule has 0 aromatic heterocycles. The molecule has 13 heavy (non-hydrogen) atoms. The average molecular weight is 176 g/mol. The second kappa shape index (κ2) is 3.62. The lowest BCUT2D eigenvalue weighted by Crippen LogP contribution is -1.97. The summed E-state index contributed by atoms with van der Waals surface area (Å²) in [7, 11) is 0. The van der Waals surface area contributed by atoms with E-state index in [1.54, 1.807) is 0 Å². The van der Waals surface area contributed by atoms with Crippen LogP contribution in [-0.4, -0.2) is 12.7 Å². The van der Waals surface area contributed by atoms with Crippen LogP contribution < -0.4 is 0 Å². The molecule has 0 saturated carbocycles. The lowest BCUT2D eigenvalue weighted by molar-refractivity contribution is 0.212. The molecule has 2 rings (SSSR count). The van der Waals surface area contributed by atoms with Gasteiger partial charge in [0.05, 0.1) is 6.26 Å². The van der Waals surface area contributed by atoms with Gasteiger partial charge in [-0.25, -0.2) is 0 Å². The van der Waals surface area contributed by atoms with Crippen molar-refractivity contribution in [3.8, 4) is 0 Å². The van der Waals surface area contributed by atoms with Crippen LogP contribution in [0.3, 0.4) is 0 Å². The Hall–Kier alpha value is -1.28. The highest BCUT2D eigenvalue weighted by molar-refractivity contribution is 5.22. The molecule has 1 aromatic rings. The van der Waals surface area contributed by atoms with E-state index in [0.29, 0.717) is 6.61 Å². The molecule has 0 radical (unpaired) electrons. The van der Waals surface area contributed by atoms with Gasteiger partial charge in [0.2, 0.25) is 0 Å². The molecule has 2 heteroatoms. The molecule has 2 atom stereocenters. The Morgan fingerprint density at radius 3 is 2.85 bits per heavy atom. The number of rotatable bonds is 4. The number of benzene rings is 1. The minimum atomic E-state index is 0.209. The van der Waals surface area contributed by atoms with Crippen molar-refractivity contribution < 1.29 is 9.47 Å². The maximum absolute atomic E-state index is 5.43. The van der Waals surface area contributed by atoms with Crippen LogP contribution in [0.4, 0.5) is 0 Å². The molecule has 1 fully saturated rings. The molecule has 0 amide bonds. The van der Waals surface area contributed by atoms with E-state index in [-0.39, 0.29) is 12.2 Å². The van der Waals surface area contributed by atoms with Crippen LogP contribution in [-0.2, 0) is 9.47 Å². The van der Waals surface area contributed by atoms with Crippen LogP contribution in [0.15, 0.2) is 43.2 Å². The first kappa shape index (κ1) is 8.32. The van der Waals surface area contributed by atoms with Gasteiger partial charge in [0.15, 0.2) is 0 Å². The van der Waals surface area contributed by atoms with E-state index in [1.165, 1.54) is 11.8 Å². The van der Waals surface area contributed by atoms with E-state index in [9.17, 15) is 0 Å². The zero-order chi connectivity index (χ0) is 9.10. The molecule has 2 nitrogen and oxygen atoms in total. The standard InChI is InChI=1S/C11H12O2/c1-2-12-8-10-11(13-10)9-6-4-3-5-7-9/h2-7,10-11H,1,8H2. The predicted molar refractivity (Wildman–Crippen MR) is 50.2 cm³/mol. The third-order valence-corrected chi connectivity index (χ3v) is 2.09. The molecule has 1 aliphatic rings. The molecule has 2 unspecified atom stereocenters. The van der Waals surface area contributed by atoms with Crippen LogP contribution in [0.2, 0.25) is 0 Å². The number of ether oxygens (including phenoxy) is 2. The summed E-state index contributed by atoms with van der Waals surface area (Å²) in [6, 6.07) is 10.2. The highest BCUT2D eigenvalue weighted by atomic mass is 16.6. The van der Waals surface area contributed by atoms with E-state index in [2.05, 4.69) is 18.7 Å². The first-order valence-corrected chi connectivity index (χ1v) is 4.34. The molecule has 1 aliphatic heterocycles. The summed E-state index contributed by atoms with van der Waals surface area (Å²) in [5, 5.41) is 0. The summed E-state index contributed by atoms with van der Waals surface area (Å²) in [5.41, 5.74) is 1.22. The van der Waals surface area contributed by atoms with Gasteiger partial charge in [0.25, 0.3) is 0 Å².